The second-order valence-electron chi connectivity index (χ2n) is 3.97. The van der Waals surface area contributed by atoms with Gasteiger partial charge in [0.2, 0.25) is 0 Å². The Morgan fingerprint density at radius 3 is 2.89 bits per heavy atom. The van der Waals surface area contributed by atoms with Gasteiger partial charge in [0.1, 0.15) is 10.7 Å². The average Bonchev–Trinajstić information content (AvgIpc) is 2.45. The Kier molecular flexibility index (Phi) is 4.35. The predicted octanol–water partition coefficient (Wildman–Crippen LogP) is 2.17. The van der Waals surface area contributed by atoms with Gasteiger partial charge in [0.25, 0.3) is 0 Å². The fraction of sp³-hybridized carbons (Fsp3) is 0.154. The number of hydrogen-bond donors (Lipinski definition) is 2. The van der Waals surface area contributed by atoms with Crippen LogP contribution in [0.2, 0.25) is 0 Å². The zero-order valence-corrected chi connectivity index (χ0v) is 11.3. The van der Waals surface area contributed by atoms with Crippen LogP contribution in [0.15, 0.2) is 46.8 Å². The van der Waals surface area contributed by atoms with Gasteiger partial charge in [-0.2, -0.15) is 0 Å². The topological polar surface area (TPSA) is 84.4 Å². The Labute approximate surface area is 115 Å². The van der Waals surface area contributed by atoms with Crippen LogP contribution in [0.4, 0.5) is 0 Å². The summed E-state index contributed by atoms with van der Waals surface area (Å²) >= 11 is 1.51. The predicted molar refractivity (Wildman–Crippen MR) is 75.3 cm³/mol. The third-order valence-electron chi connectivity index (χ3n) is 2.47. The minimum Gasteiger partial charge on any atom is -0.409 e. The van der Waals surface area contributed by atoms with Crippen LogP contribution in [-0.4, -0.2) is 21.0 Å². The first-order valence-electron chi connectivity index (χ1n) is 5.68. The Morgan fingerprint density at radius 1 is 1.37 bits per heavy atom. The quantitative estimate of drug-likeness (QED) is 0.293. The van der Waals surface area contributed by atoms with Gasteiger partial charge in [-0.25, -0.2) is 9.97 Å². The second kappa shape index (κ2) is 6.19. The third kappa shape index (κ3) is 3.45. The minimum atomic E-state index is -0.0279. The Morgan fingerprint density at radius 2 is 2.16 bits per heavy atom. The number of hydrogen-bond acceptors (Lipinski definition) is 5. The summed E-state index contributed by atoms with van der Waals surface area (Å²) in [7, 11) is 0. The lowest BCUT2D eigenvalue weighted by molar-refractivity contribution is 0.318. The van der Waals surface area contributed by atoms with Gasteiger partial charge in [-0.05, 0) is 12.5 Å². The van der Waals surface area contributed by atoms with Crippen molar-refractivity contribution in [3.05, 3.63) is 53.5 Å². The number of amidine groups is 1. The molecule has 0 unspecified atom stereocenters. The van der Waals surface area contributed by atoms with Gasteiger partial charge < -0.3 is 10.9 Å². The standard InChI is InChI=1S/C13H14N4OS/c1-9-3-2-4-10(7-9)8-19-13-11(12(14)17-18)15-5-6-16-13/h2-7,18H,8H2,1H3,(H2,14,17). The van der Waals surface area contributed by atoms with Crippen LogP contribution in [0, 0.1) is 6.92 Å². The van der Waals surface area contributed by atoms with Crippen molar-refractivity contribution in [2.75, 3.05) is 0 Å². The lowest BCUT2D eigenvalue weighted by atomic mass is 10.2. The van der Waals surface area contributed by atoms with E-state index in [1.165, 1.54) is 29.1 Å². The lowest BCUT2D eigenvalue weighted by Crippen LogP contribution is -2.16. The molecule has 0 saturated heterocycles. The molecule has 6 heteroatoms. The van der Waals surface area contributed by atoms with Crippen molar-refractivity contribution in [2.24, 2.45) is 10.9 Å². The highest BCUT2D eigenvalue weighted by molar-refractivity contribution is 7.98. The zero-order chi connectivity index (χ0) is 13.7. The van der Waals surface area contributed by atoms with Gasteiger partial charge in [0.15, 0.2) is 5.84 Å². The summed E-state index contributed by atoms with van der Waals surface area (Å²) in [5, 5.41) is 12.3. The normalized spacial score (nSPS) is 11.5. The first kappa shape index (κ1) is 13.4. The maximum Gasteiger partial charge on any atom is 0.191 e. The van der Waals surface area contributed by atoms with Crippen molar-refractivity contribution in [3.8, 4) is 0 Å². The number of benzene rings is 1. The first-order valence-corrected chi connectivity index (χ1v) is 6.66. The number of nitrogens with two attached hydrogens (primary N) is 1. The van der Waals surface area contributed by atoms with E-state index in [1.54, 1.807) is 6.20 Å². The fourth-order valence-corrected chi connectivity index (χ4v) is 2.52. The smallest absolute Gasteiger partial charge is 0.191 e. The molecule has 1 aromatic carbocycles. The van der Waals surface area contributed by atoms with E-state index in [-0.39, 0.29) is 5.84 Å². The van der Waals surface area contributed by atoms with E-state index < -0.39 is 0 Å². The molecule has 0 atom stereocenters. The highest BCUT2D eigenvalue weighted by atomic mass is 32.2. The molecule has 19 heavy (non-hydrogen) atoms. The van der Waals surface area contributed by atoms with Crippen LogP contribution in [0.5, 0.6) is 0 Å². The van der Waals surface area contributed by atoms with Crippen LogP contribution >= 0.6 is 11.8 Å². The number of thioether (sulfide) groups is 1. The number of oxime groups is 1. The maximum atomic E-state index is 8.72. The molecule has 0 radical (unpaired) electrons. The molecule has 0 amide bonds. The molecule has 3 N–H and O–H groups in total. The second-order valence-corrected chi connectivity index (χ2v) is 4.94. The minimum absolute atomic E-state index is 0.0279. The lowest BCUT2D eigenvalue weighted by Gasteiger charge is -2.06. The SMILES string of the molecule is Cc1cccc(CSc2nccnc2C(N)=NO)c1. The van der Waals surface area contributed by atoms with E-state index >= 15 is 0 Å². The molecule has 1 aromatic heterocycles. The van der Waals surface area contributed by atoms with E-state index in [0.717, 1.165) is 5.75 Å². The van der Waals surface area contributed by atoms with Crippen LogP contribution in [0.3, 0.4) is 0 Å². The van der Waals surface area contributed by atoms with Crippen LogP contribution in [0.25, 0.3) is 0 Å². The van der Waals surface area contributed by atoms with Crippen molar-refractivity contribution < 1.29 is 5.21 Å². The molecule has 2 aromatic rings. The molecule has 5 nitrogen and oxygen atoms in total. The van der Waals surface area contributed by atoms with Gasteiger partial charge >= 0.3 is 0 Å². The molecule has 0 saturated carbocycles. The van der Waals surface area contributed by atoms with Crippen LogP contribution in [0.1, 0.15) is 16.8 Å². The van der Waals surface area contributed by atoms with E-state index in [9.17, 15) is 0 Å². The van der Waals surface area contributed by atoms with Crippen LogP contribution in [-0.2, 0) is 5.75 Å². The molecule has 0 aliphatic rings. The maximum absolute atomic E-state index is 8.72. The van der Waals surface area contributed by atoms with Gasteiger partial charge in [0, 0.05) is 18.1 Å². The van der Waals surface area contributed by atoms with Crippen molar-refractivity contribution >= 4 is 17.6 Å². The Bertz CT molecular complexity index is 601. The number of rotatable bonds is 4. The van der Waals surface area contributed by atoms with Gasteiger partial charge in [-0.15, -0.1) is 0 Å². The van der Waals surface area contributed by atoms with E-state index in [4.69, 9.17) is 10.9 Å². The molecule has 0 bridgehead atoms. The number of nitrogens with zero attached hydrogens (tertiary/aromatic N) is 3. The molecule has 2 rings (SSSR count). The molecular weight excluding hydrogens is 260 g/mol. The summed E-state index contributed by atoms with van der Waals surface area (Å²) in [6.07, 6.45) is 3.11. The van der Waals surface area contributed by atoms with Gasteiger partial charge in [-0.1, -0.05) is 46.7 Å². The van der Waals surface area contributed by atoms with Gasteiger partial charge in [-0.3, -0.25) is 0 Å². The highest BCUT2D eigenvalue weighted by Crippen LogP contribution is 2.23. The molecule has 1 heterocycles. The molecule has 0 aliphatic carbocycles. The molecule has 0 spiro atoms. The fourth-order valence-electron chi connectivity index (χ4n) is 1.61. The average molecular weight is 274 g/mol. The molecule has 0 aliphatic heterocycles. The summed E-state index contributed by atoms with van der Waals surface area (Å²) in [5.41, 5.74) is 8.39. The summed E-state index contributed by atoms with van der Waals surface area (Å²) in [6, 6.07) is 8.25. The Hall–Kier alpha value is -2.08. The summed E-state index contributed by atoms with van der Waals surface area (Å²) in [6.45, 7) is 2.05. The van der Waals surface area contributed by atoms with Crippen molar-refractivity contribution in [3.63, 3.8) is 0 Å². The highest BCUT2D eigenvalue weighted by Gasteiger charge is 2.10. The summed E-state index contributed by atoms with van der Waals surface area (Å²) in [5.74, 6) is 0.728. The first-order chi connectivity index (χ1) is 9.20. The van der Waals surface area contributed by atoms with E-state index in [2.05, 4.69) is 40.2 Å². The van der Waals surface area contributed by atoms with Crippen molar-refractivity contribution in [1.29, 1.82) is 0 Å². The molecule has 98 valence electrons. The largest absolute Gasteiger partial charge is 0.409 e. The summed E-state index contributed by atoms with van der Waals surface area (Å²) in [4.78, 5) is 8.29. The number of aromatic nitrogens is 2. The monoisotopic (exact) mass is 274 g/mol. The summed E-state index contributed by atoms with van der Waals surface area (Å²) < 4.78 is 0. The third-order valence-corrected chi connectivity index (χ3v) is 3.52. The van der Waals surface area contributed by atoms with Crippen LogP contribution < -0.4 is 5.73 Å². The van der Waals surface area contributed by atoms with Gasteiger partial charge in [0.05, 0.1) is 0 Å². The number of aryl methyl sites for hydroxylation is 1. The zero-order valence-electron chi connectivity index (χ0n) is 10.4. The molecular formula is C13H14N4OS. The Balaban J connectivity index is 2.16. The molecule has 0 fully saturated rings. The van der Waals surface area contributed by atoms with Crippen molar-refractivity contribution in [2.45, 2.75) is 17.7 Å². The van der Waals surface area contributed by atoms with Crippen molar-refractivity contribution in [1.82, 2.24) is 9.97 Å². The van der Waals surface area contributed by atoms with E-state index in [1.807, 2.05) is 6.07 Å². The van der Waals surface area contributed by atoms with E-state index in [0.29, 0.717) is 10.7 Å².